The van der Waals surface area contributed by atoms with Gasteiger partial charge in [0, 0.05) is 6.08 Å². The molecular weight excluding hydrogens is 112 g/mol. The molecule has 1 aliphatic heterocycles. The molecule has 0 aromatic rings. The molecule has 0 aliphatic carbocycles. The van der Waals surface area contributed by atoms with Crippen LogP contribution in [0.5, 0.6) is 0 Å². The van der Waals surface area contributed by atoms with Crippen molar-refractivity contribution in [3.63, 3.8) is 0 Å². The van der Waals surface area contributed by atoms with Crippen LogP contribution >= 0.6 is 12.0 Å². The zero-order valence-electron chi connectivity index (χ0n) is 3.38. The van der Waals surface area contributed by atoms with Crippen LogP contribution in [0.25, 0.3) is 0 Å². The molecule has 0 saturated carbocycles. The molecule has 7 heavy (non-hydrogen) atoms. The van der Waals surface area contributed by atoms with Crippen LogP contribution in [0.2, 0.25) is 0 Å². The first kappa shape index (κ1) is 4.71. The maximum absolute atomic E-state index is 10.2. The third-order valence-corrected chi connectivity index (χ3v) is 0.957. The van der Waals surface area contributed by atoms with Gasteiger partial charge < -0.3 is 4.18 Å². The van der Waals surface area contributed by atoms with E-state index in [1.807, 2.05) is 0 Å². The summed E-state index contributed by atoms with van der Waals surface area (Å²) in [6, 6.07) is 0. The average Bonchev–Trinajstić information content (AvgIpc) is 1.69. The van der Waals surface area contributed by atoms with Crippen LogP contribution in [0.3, 0.4) is 0 Å². The van der Waals surface area contributed by atoms with E-state index < -0.39 is 0 Å². The zero-order chi connectivity index (χ0) is 5.11. The van der Waals surface area contributed by atoms with Crippen molar-refractivity contribution in [2.24, 2.45) is 0 Å². The predicted molar refractivity (Wildman–Crippen MR) is 26.1 cm³/mol. The van der Waals surface area contributed by atoms with Gasteiger partial charge in [0.1, 0.15) is 6.26 Å². The van der Waals surface area contributed by atoms with E-state index in [0.29, 0.717) is 0 Å². The van der Waals surface area contributed by atoms with Gasteiger partial charge in [-0.25, -0.2) is 0 Å². The highest BCUT2D eigenvalue weighted by Gasteiger charge is 2.03. The van der Waals surface area contributed by atoms with Crippen LogP contribution in [0.15, 0.2) is 12.3 Å². The lowest BCUT2D eigenvalue weighted by molar-refractivity contribution is -0.111. The summed E-state index contributed by atoms with van der Waals surface area (Å²) in [5.41, 5.74) is 0. The number of ketones is 1. The van der Waals surface area contributed by atoms with Crippen molar-refractivity contribution in [2.75, 3.05) is 0 Å². The molecule has 0 amide bonds. The monoisotopic (exact) mass is 114 g/mol. The Bertz CT molecular complexity index is 108. The second-order valence-electron chi connectivity index (χ2n) is 0.949. The van der Waals surface area contributed by atoms with Crippen molar-refractivity contribution in [1.29, 1.82) is 0 Å². The lowest BCUT2D eigenvalue weighted by Gasteiger charge is -1.97. The summed E-state index contributed by atoms with van der Waals surface area (Å²) in [4.78, 5) is 10.2. The van der Waals surface area contributed by atoms with E-state index in [4.69, 9.17) is 0 Å². The van der Waals surface area contributed by atoms with Crippen molar-refractivity contribution in [3.8, 4) is 0 Å². The molecule has 1 heterocycles. The van der Waals surface area contributed by atoms with E-state index in [1.165, 1.54) is 12.3 Å². The smallest absolute Gasteiger partial charge is 0.182 e. The predicted octanol–water partition coefficient (Wildman–Crippen LogP) is 0.786. The molecule has 3 heteroatoms. The largest absolute Gasteiger partial charge is 0.432 e. The molecule has 36 valence electrons. The van der Waals surface area contributed by atoms with Crippen molar-refractivity contribution in [2.45, 2.75) is 0 Å². The minimum atomic E-state index is -0.128. The molecule has 0 bridgehead atoms. The van der Waals surface area contributed by atoms with Gasteiger partial charge in [-0.05, 0) is 0 Å². The second-order valence-corrected chi connectivity index (χ2v) is 1.51. The van der Waals surface area contributed by atoms with E-state index in [9.17, 15) is 4.79 Å². The van der Waals surface area contributed by atoms with E-state index in [-0.39, 0.29) is 5.78 Å². The Morgan fingerprint density at radius 3 is 3.00 bits per heavy atom. The fraction of sp³-hybridized carbons (Fsp3) is 0. The summed E-state index contributed by atoms with van der Waals surface area (Å²) in [7, 11) is 0. The Morgan fingerprint density at radius 2 is 2.71 bits per heavy atom. The normalized spacial score (nSPS) is 19.1. The summed E-state index contributed by atoms with van der Waals surface area (Å²) in [6.07, 6.45) is 2.65. The molecule has 0 aromatic carbocycles. The lowest BCUT2D eigenvalue weighted by atomic mass is 10.4. The molecule has 2 radical (unpaired) electrons. The van der Waals surface area contributed by atoms with Gasteiger partial charge in [-0.3, -0.25) is 4.79 Å². The summed E-state index contributed by atoms with van der Waals surface area (Å²) in [5, 5.41) is 0. The quantitative estimate of drug-likeness (QED) is 0.435. The van der Waals surface area contributed by atoms with E-state index in [0.717, 1.165) is 12.0 Å². The Kier molecular flexibility index (Phi) is 1.36. The zero-order valence-corrected chi connectivity index (χ0v) is 4.20. The molecule has 0 saturated heterocycles. The molecule has 0 N–H and O–H groups in total. The SMILES string of the molecule is O=C1[C]SOC=C1. The molecular formula is C4H2O2S. The third-order valence-electron chi connectivity index (χ3n) is 0.465. The van der Waals surface area contributed by atoms with Crippen molar-refractivity contribution < 1.29 is 8.98 Å². The highest BCUT2D eigenvalue weighted by Crippen LogP contribution is 2.12. The van der Waals surface area contributed by atoms with Crippen LogP contribution in [-0.2, 0) is 8.98 Å². The first-order valence-corrected chi connectivity index (χ1v) is 2.42. The van der Waals surface area contributed by atoms with Crippen molar-refractivity contribution in [3.05, 3.63) is 18.1 Å². The van der Waals surface area contributed by atoms with E-state index >= 15 is 0 Å². The van der Waals surface area contributed by atoms with Crippen LogP contribution in [-0.4, -0.2) is 5.78 Å². The van der Waals surface area contributed by atoms with Gasteiger partial charge in [-0.1, -0.05) is 0 Å². The number of rotatable bonds is 0. The van der Waals surface area contributed by atoms with Gasteiger partial charge in [-0.15, -0.1) is 0 Å². The summed E-state index contributed by atoms with van der Waals surface area (Å²) < 4.78 is 4.54. The minimum absolute atomic E-state index is 0.128. The minimum Gasteiger partial charge on any atom is -0.432 e. The van der Waals surface area contributed by atoms with Gasteiger partial charge in [0.05, 0.1) is 12.0 Å². The topological polar surface area (TPSA) is 26.3 Å². The molecule has 0 aromatic heterocycles. The lowest BCUT2D eigenvalue weighted by Crippen LogP contribution is -1.93. The van der Waals surface area contributed by atoms with Crippen LogP contribution in [0, 0.1) is 5.75 Å². The Balaban J connectivity index is 2.51. The molecule has 1 rings (SSSR count). The Labute approximate surface area is 45.7 Å². The number of allylic oxidation sites excluding steroid dienone is 1. The van der Waals surface area contributed by atoms with Gasteiger partial charge >= 0.3 is 0 Å². The highest BCUT2D eigenvalue weighted by atomic mass is 32.2. The third kappa shape index (κ3) is 1.23. The Morgan fingerprint density at radius 1 is 1.86 bits per heavy atom. The van der Waals surface area contributed by atoms with E-state index in [1.54, 1.807) is 0 Å². The van der Waals surface area contributed by atoms with Crippen LogP contribution in [0.1, 0.15) is 0 Å². The first-order chi connectivity index (χ1) is 3.39. The summed E-state index contributed by atoms with van der Waals surface area (Å²) in [5.74, 6) is 2.22. The summed E-state index contributed by atoms with van der Waals surface area (Å²) >= 11 is 0.917. The van der Waals surface area contributed by atoms with Gasteiger partial charge in [-0.2, -0.15) is 0 Å². The fourth-order valence-corrected chi connectivity index (χ4v) is 0.526. The number of carbonyl (C=O) groups is 1. The molecule has 1 aliphatic rings. The van der Waals surface area contributed by atoms with Crippen molar-refractivity contribution >= 4 is 17.8 Å². The van der Waals surface area contributed by atoms with E-state index in [2.05, 4.69) is 9.94 Å². The van der Waals surface area contributed by atoms with Gasteiger partial charge in [0.2, 0.25) is 0 Å². The maximum Gasteiger partial charge on any atom is 0.182 e. The highest BCUT2D eigenvalue weighted by molar-refractivity contribution is 7.97. The number of hydrogen-bond donors (Lipinski definition) is 0. The van der Waals surface area contributed by atoms with Gasteiger partial charge in [0.15, 0.2) is 11.5 Å². The standard InChI is InChI=1S/C4H2O2S/c5-4-1-2-6-7-3-4/h1-2H. The van der Waals surface area contributed by atoms with Gasteiger partial charge in [0.25, 0.3) is 0 Å². The Hall–Kier alpha value is -0.440. The molecule has 0 spiro atoms. The molecule has 0 fully saturated rings. The van der Waals surface area contributed by atoms with Crippen molar-refractivity contribution in [1.82, 2.24) is 0 Å². The molecule has 0 unspecified atom stereocenters. The number of hydrogen-bond acceptors (Lipinski definition) is 3. The number of carbonyl (C=O) groups excluding carboxylic acids is 1. The maximum atomic E-state index is 10.2. The molecule has 0 atom stereocenters. The first-order valence-electron chi connectivity index (χ1n) is 1.68. The molecule has 2 nitrogen and oxygen atoms in total. The van der Waals surface area contributed by atoms with Crippen LogP contribution < -0.4 is 0 Å². The fourth-order valence-electron chi connectivity index (χ4n) is 0.216. The summed E-state index contributed by atoms with van der Waals surface area (Å²) in [6.45, 7) is 0. The average molecular weight is 114 g/mol. The van der Waals surface area contributed by atoms with Crippen LogP contribution in [0.4, 0.5) is 0 Å². The second kappa shape index (κ2) is 2.02.